The van der Waals surface area contributed by atoms with Gasteiger partial charge in [-0.05, 0) is 63.2 Å². The summed E-state index contributed by atoms with van der Waals surface area (Å²) in [7, 11) is -3.91. The van der Waals surface area contributed by atoms with Crippen molar-refractivity contribution >= 4 is 44.1 Å². The standard InChI is InChI=1S/C30H45N5O8S2/c1-4-34(9-6-20-45(37,38)39)10-12-40-14-16-42-18-19-43-17-15-41-13-11-35(5-2)27-7-8-29(25(3)21-27)32-33-30-26(23-31)22-28(24-36)44-30/h7-8,21-22,24H,4-6,9-20H2,1-3H3,(H,37,38,39)/b33-32+. The van der Waals surface area contributed by atoms with Gasteiger partial charge in [-0.15, -0.1) is 21.6 Å². The fourth-order valence-electron chi connectivity index (χ4n) is 4.16. The third-order valence-electron chi connectivity index (χ3n) is 6.64. The molecule has 2 rings (SSSR count). The van der Waals surface area contributed by atoms with E-state index in [1.165, 1.54) is 6.07 Å². The number of likely N-dealkylation sites (N-methyl/N-ethyl adjacent to an activating group) is 2. The minimum atomic E-state index is -3.91. The van der Waals surface area contributed by atoms with Gasteiger partial charge in [-0.3, -0.25) is 9.35 Å². The van der Waals surface area contributed by atoms with Crippen LogP contribution in [0.25, 0.3) is 0 Å². The molecule has 0 amide bonds. The Morgan fingerprint density at radius 3 is 2.07 bits per heavy atom. The summed E-state index contributed by atoms with van der Waals surface area (Å²) in [5.41, 5.74) is 3.02. The molecule has 15 heteroatoms. The van der Waals surface area contributed by atoms with E-state index in [0.717, 1.165) is 42.2 Å². The second-order valence-corrected chi connectivity index (χ2v) is 12.5. The Kier molecular flexibility index (Phi) is 18.6. The first-order chi connectivity index (χ1) is 21.7. The number of thiophene rings is 1. The molecule has 0 radical (unpaired) electrons. The predicted molar refractivity (Wildman–Crippen MR) is 174 cm³/mol. The lowest BCUT2D eigenvalue weighted by Gasteiger charge is -2.23. The fourth-order valence-corrected chi connectivity index (χ4v) is 5.40. The molecule has 1 N–H and O–H groups in total. The van der Waals surface area contributed by atoms with Crippen LogP contribution in [-0.4, -0.2) is 115 Å². The van der Waals surface area contributed by atoms with Crippen molar-refractivity contribution in [3.05, 3.63) is 40.3 Å². The van der Waals surface area contributed by atoms with E-state index < -0.39 is 10.1 Å². The molecule has 0 aliphatic heterocycles. The van der Waals surface area contributed by atoms with E-state index in [1.807, 2.05) is 38.1 Å². The Hall–Kier alpha value is -2.81. The van der Waals surface area contributed by atoms with E-state index in [0.29, 0.717) is 99.8 Å². The molecule has 13 nitrogen and oxygen atoms in total. The van der Waals surface area contributed by atoms with Crippen molar-refractivity contribution in [3.8, 4) is 6.07 Å². The number of ether oxygens (including phenoxy) is 4. The van der Waals surface area contributed by atoms with Crippen LogP contribution < -0.4 is 4.90 Å². The summed E-state index contributed by atoms with van der Waals surface area (Å²) in [5.74, 6) is -0.230. The highest BCUT2D eigenvalue weighted by Gasteiger charge is 2.10. The van der Waals surface area contributed by atoms with Crippen LogP contribution in [0, 0.1) is 18.3 Å². The summed E-state index contributed by atoms with van der Waals surface area (Å²) in [6.07, 6.45) is 1.09. The van der Waals surface area contributed by atoms with E-state index in [-0.39, 0.29) is 5.75 Å². The zero-order chi connectivity index (χ0) is 32.9. The summed E-state index contributed by atoms with van der Waals surface area (Å²) in [6.45, 7) is 13.5. The van der Waals surface area contributed by atoms with Crippen LogP contribution in [0.15, 0.2) is 34.5 Å². The molecule has 0 aliphatic rings. The van der Waals surface area contributed by atoms with Gasteiger partial charge in [0.2, 0.25) is 0 Å². The lowest BCUT2D eigenvalue weighted by Crippen LogP contribution is -2.30. The zero-order valence-corrected chi connectivity index (χ0v) is 28.0. The normalized spacial score (nSPS) is 11.8. The average Bonchev–Trinajstić information content (AvgIpc) is 3.43. The smallest absolute Gasteiger partial charge is 0.264 e. The lowest BCUT2D eigenvalue weighted by atomic mass is 10.1. The molecule has 0 bridgehead atoms. The van der Waals surface area contributed by atoms with Crippen LogP contribution in [0.2, 0.25) is 0 Å². The Bertz CT molecular complexity index is 1330. The van der Waals surface area contributed by atoms with Crippen molar-refractivity contribution in [2.75, 3.05) is 96.2 Å². The molecule has 0 unspecified atom stereocenters. The van der Waals surface area contributed by atoms with E-state index in [2.05, 4.69) is 27.0 Å². The highest BCUT2D eigenvalue weighted by atomic mass is 32.2. The third-order valence-corrected chi connectivity index (χ3v) is 8.39. The molecule has 45 heavy (non-hydrogen) atoms. The number of aryl methyl sites for hydroxylation is 1. The average molecular weight is 668 g/mol. The van der Waals surface area contributed by atoms with Gasteiger partial charge in [-0.25, -0.2) is 0 Å². The topological polar surface area (TPSA) is 163 Å². The first-order valence-electron chi connectivity index (χ1n) is 15.0. The maximum absolute atomic E-state index is 11.0. The summed E-state index contributed by atoms with van der Waals surface area (Å²) in [5, 5.41) is 18.1. The number of anilines is 1. The van der Waals surface area contributed by atoms with Gasteiger partial charge in [-0.1, -0.05) is 6.92 Å². The maximum atomic E-state index is 11.0. The molecule has 0 saturated carbocycles. The highest BCUT2D eigenvalue weighted by molar-refractivity contribution is 7.85. The van der Waals surface area contributed by atoms with Gasteiger partial charge in [0, 0.05) is 25.3 Å². The van der Waals surface area contributed by atoms with E-state index in [9.17, 15) is 18.5 Å². The Labute approximate surface area is 270 Å². The number of rotatable bonds is 25. The number of azo groups is 1. The Morgan fingerprint density at radius 1 is 0.911 bits per heavy atom. The van der Waals surface area contributed by atoms with E-state index >= 15 is 0 Å². The van der Waals surface area contributed by atoms with Gasteiger partial charge in [0.15, 0.2) is 11.3 Å². The second-order valence-electron chi connectivity index (χ2n) is 9.87. The molecule has 1 heterocycles. The van der Waals surface area contributed by atoms with E-state index in [4.69, 9.17) is 23.5 Å². The molecule has 0 saturated heterocycles. The summed E-state index contributed by atoms with van der Waals surface area (Å²) >= 11 is 1.14. The van der Waals surface area contributed by atoms with Gasteiger partial charge >= 0.3 is 0 Å². The molecule has 0 aliphatic carbocycles. The molecule has 0 atom stereocenters. The highest BCUT2D eigenvalue weighted by Crippen LogP contribution is 2.32. The Balaban J connectivity index is 1.54. The molecular weight excluding hydrogens is 622 g/mol. The van der Waals surface area contributed by atoms with Crippen LogP contribution >= 0.6 is 11.3 Å². The van der Waals surface area contributed by atoms with Gasteiger partial charge < -0.3 is 28.7 Å². The Morgan fingerprint density at radius 2 is 1.53 bits per heavy atom. The fraction of sp³-hybridized carbons (Fsp3) is 0.600. The van der Waals surface area contributed by atoms with Crippen LogP contribution in [0.5, 0.6) is 0 Å². The van der Waals surface area contributed by atoms with Crippen LogP contribution in [0.1, 0.15) is 41.1 Å². The molecule has 250 valence electrons. The molecule has 0 spiro atoms. The van der Waals surface area contributed by atoms with Crippen molar-refractivity contribution in [3.63, 3.8) is 0 Å². The number of aldehydes is 1. The number of carbonyl (C=O) groups excluding carboxylic acids is 1. The van der Waals surface area contributed by atoms with Crippen LogP contribution in [-0.2, 0) is 29.1 Å². The molecule has 2 aromatic rings. The molecule has 0 fully saturated rings. The van der Waals surface area contributed by atoms with Crippen molar-refractivity contribution in [1.82, 2.24) is 4.90 Å². The van der Waals surface area contributed by atoms with Crippen molar-refractivity contribution < 1.29 is 36.7 Å². The first kappa shape index (κ1) is 38.4. The number of nitriles is 1. The molecule has 1 aromatic carbocycles. The lowest BCUT2D eigenvalue weighted by molar-refractivity contribution is -0.00310. The largest absolute Gasteiger partial charge is 0.378 e. The van der Waals surface area contributed by atoms with Gasteiger partial charge in [0.05, 0.1) is 74.7 Å². The third kappa shape index (κ3) is 15.8. The second kappa shape index (κ2) is 21.8. The molecule has 1 aromatic heterocycles. The summed E-state index contributed by atoms with van der Waals surface area (Å²) in [6, 6.07) is 9.46. The number of carbonyl (C=O) groups is 1. The maximum Gasteiger partial charge on any atom is 0.264 e. The summed E-state index contributed by atoms with van der Waals surface area (Å²) < 4.78 is 52.8. The SMILES string of the molecule is CCN(CCCS(=O)(=O)O)CCOCCOCCOCCOCCN(CC)c1ccc(/N=N/c2sc(C=O)cc2C#N)c(C)c1. The van der Waals surface area contributed by atoms with Crippen LogP contribution in [0.4, 0.5) is 16.4 Å². The van der Waals surface area contributed by atoms with Crippen LogP contribution in [0.3, 0.4) is 0 Å². The van der Waals surface area contributed by atoms with Crippen molar-refractivity contribution in [1.29, 1.82) is 5.26 Å². The predicted octanol–water partition coefficient (Wildman–Crippen LogP) is 4.65. The zero-order valence-electron chi connectivity index (χ0n) is 26.4. The molecular formula is C30H45N5O8S2. The van der Waals surface area contributed by atoms with E-state index in [1.54, 1.807) is 0 Å². The number of nitrogens with zero attached hydrogens (tertiary/aromatic N) is 5. The van der Waals surface area contributed by atoms with Crippen molar-refractivity contribution in [2.24, 2.45) is 10.2 Å². The van der Waals surface area contributed by atoms with Gasteiger partial charge in [0.1, 0.15) is 6.07 Å². The number of hydrogen-bond donors (Lipinski definition) is 1. The number of hydrogen-bond acceptors (Lipinski definition) is 13. The van der Waals surface area contributed by atoms with Gasteiger partial charge in [0.25, 0.3) is 10.1 Å². The van der Waals surface area contributed by atoms with Gasteiger partial charge in [-0.2, -0.15) is 13.7 Å². The minimum absolute atomic E-state index is 0.230. The van der Waals surface area contributed by atoms with Crippen molar-refractivity contribution in [2.45, 2.75) is 27.2 Å². The first-order valence-corrected chi connectivity index (χ1v) is 17.4. The number of benzene rings is 1. The minimum Gasteiger partial charge on any atom is -0.378 e. The monoisotopic (exact) mass is 667 g/mol. The quantitative estimate of drug-likeness (QED) is 0.0679. The summed E-state index contributed by atoms with van der Waals surface area (Å²) in [4.78, 5) is 15.7.